The molecule has 0 amide bonds. The molecular weight excluding hydrogens is 462 g/mol. The molecule has 0 saturated heterocycles. The molecular formula is C32H47NO4. The Hall–Kier alpha value is -1.74. The number of aliphatic carboxylic acids is 1. The van der Waals surface area contributed by atoms with Crippen LogP contribution in [0.3, 0.4) is 0 Å². The SMILES string of the molecule is C[C@@H]1CC[C@]2(C)CC[C@]3(C)C(=CC(=O)C4[C@@]5(C)CC[C@@H](CC(=O)O)[C@](C)(N=C=O)C5CC[C@]43C)C2[C@H]1C. The predicted octanol–water partition coefficient (Wildman–Crippen LogP) is 7.00. The maximum Gasteiger partial charge on any atom is 0.303 e. The van der Waals surface area contributed by atoms with E-state index in [4.69, 9.17) is 0 Å². The van der Waals surface area contributed by atoms with Crippen LogP contribution in [0.2, 0.25) is 0 Å². The zero-order valence-electron chi connectivity index (χ0n) is 24.0. The van der Waals surface area contributed by atoms with Gasteiger partial charge in [-0.05, 0) is 116 Å². The van der Waals surface area contributed by atoms with E-state index in [1.165, 1.54) is 24.8 Å². The number of hydrogen-bond donors (Lipinski definition) is 1. The van der Waals surface area contributed by atoms with Gasteiger partial charge in [0.2, 0.25) is 6.08 Å². The number of hydrogen-bond acceptors (Lipinski definition) is 4. The molecule has 5 rings (SSSR count). The molecule has 4 fully saturated rings. The van der Waals surface area contributed by atoms with E-state index in [9.17, 15) is 19.5 Å². The molecule has 0 aliphatic heterocycles. The summed E-state index contributed by atoms with van der Waals surface area (Å²) in [5, 5.41) is 9.61. The first-order chi connectivity index (χ1) is 17.2. The van der Waals surface area contributed by atoms with E-state index in [1.807, 2.05) is 6.92 Å². The van der Waals surface area contributed by atoms with Crippen molar-refractivity contribution in [2.45, 2.75) is 112 Å². The molecule has 0 spiro atoms. The summed E-state index contributed by atoms with van der Waals surface area (Å²) >= 11 is 0. The van der Waals surface area contributed by atoms with E-state index in [0.29, 0.717) is 24.2 Å². The fourth-order valence-electron chi connectivity index (χ4n) is 11.2. The molecule has 0 bridgehead atoms. The van der Waals surface area contributed by atoms with Crippen LogP contribution in [0.5, 0.6) is 0 Å². The van der Waals surface area contributed by atoms with Crippen molar-refractivity contribution in [3.63, 3.8) is 0 Å². The van der Waals surface area contributed by atoms with Gasteiger partial charge < -0.3 is 5.11 Å². The van der Waals surface area contributed by atoms with Crippen LogP contribution in [0.4, 0.5) is 0 Å². The van der Waals surface area contributed by atoms with E-state index >= 15 is 0 Å². The summed E-state index contributed by atoms with van der Waals surface area (Å²) in [6.07, 6.45) is 12.0. The highest BCUT2D eigenvalue weighted by atomic mass is 16.4. The highest BCUT2D eigenvalue weighted by molar-refractivity contribution is 5.95. The third-order valence-corrected chi connectivity index (χ3v) is 13.7. The van der Waals surface area contributed by atoms with Gasteiger partial charge >= 0.3 is 5.97 Å². The van der Waals surface area contributed by atoms with Crippen molar-refractivity contribution >= 4 is 17.8 Å². The number of aliphatic imine (C=N–C) groups is 1. The first kappa shape index (κ1) is 26.9. The number of rotatable bonds is 3. The minimum absolute atomic E-state index is 0.00222. The molecule has 37 heavy (non-hydrogen) atoms. The molecule has 0 aromatic carbocycles. The van der Waals surface area contributed by atoms with Crippen LogP contribution in [-0.4, -0.2) is 28.5 Å². The monoisotopic (exact) mass is 509 g/mol. The van der Waals surface area contributed by atoms with Crippen LogP contribution in [0.25, 0.3) is 0 Å². The topological polar surface area (TPSA) is 83.8 Å². The second kappa shape index (κ2) is 8.38. The van der Waals surface area contributed by atoms with Crippen LogP contribution in [0, 0.1) is 57.2 Å². The van der Waals surface area contributed by atoms with Crippen molar-refractivity contribution in [3.05, 3.63) is 11.6 Å². The fourth-order valence-corrected chi connectivity index (χ4v) is 11.2. The molecule has 4 saturated carbocycles. The Labute approximate surface area is 223 Å². The number of carbonyl (C=O) groups is 2. The number of carboxylic acid groups (broad SMARTS) is 1. The summed E-state index contributed by atoms with van der Waals surface area (Å²) in [4.78, 5) is 42.1. The normalized spacial score (nSPS) is 52.9. The van der Waals surface area contributed by atoms with Crippen LogP contribution in [0.1, 0.15) is 106 Å². The van der Waals surface area contributed by atoms with E-state index in [1.54, 1.807) is 6.08 Å². The molecule has 204 valence electrons. The lowest BCUT2D eigenvalue weighted by Crippen LogP contribution is -2.67. The number of carboxylic acids is 1. The first-order valence-electron chi connectivity index (χ1n) is 14.7. The Kier molecular flexibility index (Phi) is 6.08. The average Bonchev–Trinajstić information content (AvgIpc) is 2.80. The third kappa shape index (κ3) is 3.41. The fraction of sp³-hybridized carbons (Fsp3) is 0.844. The Morgan fingerprint density at radius 2 is 1.73 bits per heavy atom. The highest BCUT2D eigenvalue weighted by Gasteiger charge is 2.70. The summed E-state index contributed by atoms with van der Waals surface area (Å²) in [7, 11) is 0. The molecule has 5 heteroatoms. The van der Waals surface area contributed by atoms with Gasteiger partial charge in [0.05, 0.1) is 12.0 Å². The molecule has 0 aromatic rings. The van der Waals surface area contributed by atoms with E-state index in [2.05, 4.69) is 52.6 Å². The van der Waals surface area contributed by atoms with Gasteiger partial charge in [-0.1, -0.05) is 47.1 Å². The van der Waals surface area contributed by atoms with E-state index in [-0.39, 0.29) is 51.6 Å². The molecule has 0 aromatic heterocycles. The molecule has 0 heterocycles. The van der Waals surface area contributed by atoms with Gasteiger partial charge in [-0.25, -0.2) is 4.79 Å². The lowest BCUT2D eigenvalue weighted by Gasteiger charge is -2.70. The number of nitrogens with zero attached hydrogens (tertiary/aromatic N) is 1. The maximum atomic E-state index is 14.4. The van der Waals surface area contributed by atoms with Gasteiger partial charge in [0.1, 0.15) is 0 Å². The third-order valence-electron chi connectivity index (χ3n) is 13.7. The van der Waals surface area contributed by atoms with Gasteiger partial charge in [0.15, 0.2) is 5.78 Å². The Morgan fingerprint density at radius 3 is 2.38 bits per heavy atom. The van der Waals surface area contributed by atoms with E-state index in [0.717, 1.165) is 25.7 Å². The molecule has 3 unspecified atom stereocenters. The molecule has 1 N–H and O–H groups in total. The quantitative estimate of drug-likeness (QED) is 0.328. The van der Waals surface area contributed by atoms with Crippen molar-refractivity contribution in [2.24, 2.45) is 62.2 Å². The number of isocyanates is 1. The highest BCUT2D eigenvalue weighted by Crippen LogP contribution is 2.75. The first-order valence-corrected chi connectivity index (χ1v) is 14.7. The Morgan fingerprint density at radius 1 is 1.03 bits per heavy atom. The van der Waals surface area contributed by atoms with Crippen molar-refractivity contribution in [1.29, 1.82) is 0 Å². The van der Waals surface area contributed by atoms with Gasteiger partial charge in [-0.3, -0.25) is 9.59 Å². The number of carbonyl (C=O) groups excluding carboxylic acids is 2. The van der Waals surface area contributed by atoms with Crippen LogP contribution >= 0.6 is 0 Å². The molecule has 5 aliphatic rings. The number of allylic oxidation sites excluding steroid dienone is 2. The number of fused-ring (bicyclic) bond motifs is 7. The van der Waals surface area contributed by atoms with Gasteiger partial charge in [-0.2, -0.15) is 4.99 Å². The Balaban J connectivity index is 1.62. The second-order valence-corrected chi connectivity index (χ2v) is 15.1. The Bertz CT molecular complexity index is 1090. The second-order valence-electron chi connectivity index (χ2n) is 15.1. The standard InChI is InChI=1S/C32H47NO4/c1-19-8-11-28(3)14-15-30(5)22(26(28)20(19)2)17-23(35)27-29(4)12-9-21(16-25(36)37)32(7,33-18-34)24(29)10-13-31(27,30)6/h17,19-21,24,26-27H,8-16H2,1-7H3,(H,36,37)/t19-,20+,21+,24?,26?,27?,28-,29+,30-,31-,32+/m1/s1. The summed E-state index contributed by atoms with van der Waals surface area (Å²) in [5.74, 6) is 0.751. The molecule has 5 aliphatic carbocycles. The van der Waals surface area contributed by atoms with E-state index < -0.39 is 11.5 Å². The summed E-state index contributed by atoms with van der Waals surface area (Å²) in [5.41, 5.74) is 0.376. The average molecular weight is 510 g/mol. The van der Waals surface area contributed by atoms with Crippen molar-refractivity contribution < 1.29 is 19.5 Å². The van der Waals surface area contributed by atoms with Gasteiger partial charge in [-0.15, -0.1) is 0 Å². The minimum atomic E-state index is -0.850. The lowest BCUT2D eigenvalue weighted by atomic mass is 9.33. The smallest absolute Gasteiger partial charge is 0.303 e. The predicted molar refractivity (Wildman–Crippen MR) is 144 cm³/mol. The maximum absolute atomic E-state index is 14.4. The van der Waals surface area contributed by atoms with Gasteiger partial charge in [0.25, 0.3) is 0 Å². The van der Waals surface area contributed by atoms with Crippen molar-refractivity contribution in [2.75, 3.05) is 0 Å². The summed E-state index contributed by atoms with van der Waals surface area (Å²) < 4.78 is 0. The van der Waals surface area contributed by atoms with Crippen LogP contribution in [-0.2, 0) is 14.4 Å². The molecule has 11 atom stereocenters. The van der Waals surface area contributed by atoms with Crippen LogP contribution in [0.15, 0.2) is 16.6 Å². The largest absolute Gasteiger partial charge is 0.481 e. The van der Waals surface area contributed by atoms with Crippen LogP contribution < -0.4 is 0 Å². The zero-order chi connectivity index (χ0) is 27.2. The molecule has 5 nitrogen and oxygen atoms in total. The van der Waals surface area contributed by atoms with Gasteiger partial charge in [0, 0.05) is 5.92 Å². The molecule has 0 radical (unpaired) electrons. The summed E-state index contributed by atoms with van der Waals surface area (Å²) in [6.45, 7) is 16.4. The van der Waals surface area contributed by atoms with Crippen molar-refractivity contribution in [3.8, 4) is 0 Å². The lowest BCUT2D eigenvalue weighted by molar-refractivity contribution is -0.184. The van der Waals surface area contributed by atoms with Crippen molar-refractivity contribution in [1.82, 2.24) is 0 Å². The summed E-state index contributed by atoms with van der Waals surface area (Å²) in [6, 6.07) is 0. The zero-order valence-corrected chi connectivity index (χ0v) is 24.0. The minimum Gasteiger partial charge on any atom is -0.481 e. The number of ketones is 1.